The fourth-order valence-corrected chi connectivity index (χ4v) is 2.63. The first-order chi connectivity index (χ1) is 12.4. The molecule has 1 atom stereocenters. The maximum atomic E-state index is 14.0. The van der Waals surface area contributed by atoms with Crippen LogP contribution in [0.4, 0.5) is 4.39 Å². The molecule has 0 aliphatic heterocycles. The average molecular weight is 359 g/mol. The number of hydrogen-bond acceptors (Lipinski definition) is 4. The Balaban J connectivity index is 1.94. The van der Waals surface area contributed by atoms with Crippen molar-refractivity contribution in [3.8, 4) is 5.69 Å². The van der Waals surface area contributed by atoms with Crippen molar-refractivity contribution in [1.29, 1.82) is 0 Å². The molecule has 1 unspecified atom stereocenters. The molecular formula is C18H18FN3O4. The minimum Gasteiger partial charge on any atom is -0.481 e. The van der Waals surface area contributed by atoms with Crippen LogP contribution >= 0.6 is 0 Å². The van der Waals surface area contributed by atoms with Crippen molar-refractivity contribution in [3.05, 3.63) is 58.3 Å². The van der Waals surface area contributed by atoms with Crippen LogP contribution in [0.1, 0.15) is 30.3 Å². The third kappa shape index (κ3) is 3.63. The van der Waals surface area contributed by atoms with E-state index in [0.717, 1.165) is 23.6 Å². The number of para-hydroxylation sites is 1. The summed E-state index contributed by atoms with van der Waals surface area (Å²) < 4.78 is 14.8. The van der Waals surface area contributed by atoms with Crippen molar-refractivity contribution in [2.75, 3.05) is 6.54 Å². The fourth-order valence-electron chi connectivity index (χ4n) is 2.63. The molecule has 1 N–H and O–H groups in total. The Morgan fingerprint density at radius 3 is 2.62 bits per heavy atom. The van der Waals surface area contributed by atoms with Crippen molar-refractivity contribution in [3.63, 3.8) is 0 Å². The number of carboxylic acids is 1. The normalized spacial score (nSPS) is 14.7. The van der Waals surface area contributed by atoms with Crippen molar-refractivity contribution in [2.24, 2.45) is 5.92 Å². The lowest BCUT2D eigenvalue weighted by atomic mass is 10.1. The van der Waals surface area contributed by atoms with E-state index >= 15 is 0 Å². The van der Waals surface area contributed by atoms with Gasteiger partial charge in [0.15, 0.2) is 0 Å². The first-order valence-electron chi connectivity index (χ1n) is 8.27. The van der Waals surface area contributed by atoms with Gasteiger partial charge in [0.25, 0.3) is 11.5 Å². The van der Waals surface area contributed by atoms with Gasteiger partial charge in [0, 0.05) is 18.7 Å². The molecule has 7 nitrogen and oxygen atoms in total. The number of aliphatic carboxylic acids is 1. The van der Waals surface area contributed by atoms with Crippen LogP contribution in [-0.4, -0.2) is 44.3 Å². The molecule has 0 saturated heterocycles. The summed E-state index contributed by atoms with van der Waals surface area (Å²) in [6.45, 7) is 1.58. The minimum absolute atomic E-state index is 0.0278. The zero-order valence-electron chi connectivity index (χ0n) is 14.1. The van der Waals surface area contributed by atoms with Crippen molar-refractivity contribution in [2.45, 2.75) is 25.8 Å². The van der Waals surface area contributed by atoms with E-state index in [2.05, 4.69) is 5.10 Å². The Labute approximate surface area is 148 Å². The average Bonchev–Trinajstić information content (AvgIpc) is 3.45. The van der Waals surface area contributed by atoms with Gasteiger partial charge in [-0.3, -0.25) is 14.4 Å². The molecule has 1 fully saturated rings. The highest BCUT2D eigenvalue weighted by atomic mass is 19.1. The molecule has 136 valence electrons. The van der Waals surface area contributed by atoms with Crippen molar-refractivity contribution in [1.82, 2.24) is 14.7 Å². The second-order valence-electron chi connectivity index (χ2n) is 6.35. The SMILES string of the molecule is CC(CN(C(=O)c1ccc(=O)n(-c2ccccc2F)n1)C1CC1)C(=O)O. The van der Waals surface area contributed by atoms with Gasteiger partial charge in [0.1, 0.15) is 17.2 Å². The summed E-state index contributed by atoms with van der Waals surface area (Å²) in [4.78, 5) is 37.5. The Morgan fingerprint density at radius 2 is 2.00 bits per heavy atom. The maximum absolute atomic E-state index is 14.0. The van der Waals surface area contributed by atoms with E-state index < -0.39 is 29.2 Å². The topological polar surface area (TPSA) is 92.5 Å². The van der Waals surface area contributed by atoms with Gasteiger partial charge in [0.2, 0.25) is 0 Å². The van der Waals surface area contributed by atoms with E-state index in [4.69, 9.17) is 5.11 Å². The molecule has 8 heteroatoms. The molecule has 1 aromatic carbocycles. The van der Waals surface area contributed by atoms with E-state index in [0.29, 0.717) is 0 Å². The number of hydrogen-bond donors (Lipinski definition) is 1. The van der Waals surface area contributed by atoms with Crippen LogP contribution in [0.15, 0.2) is 41.2 Å². The number of benzene rings is 1. The predicted molar refractivity (Wildman–Crippen MR) is 90.7 cm³/mol. The molecule has 1 aromatic heterocycles. The van der Waals surface area contributed by atoms with Crippen LogP contribution in [0.25, 0.3) is 5.69 Å². The number of nitrogens with zero attached hydrogens (tertiary/aromatic N) is 3. The molecule has 1 saturated carbocycles. The van der Waals surface area contributed by atoms with Crippen molar-refractivity contribution < 1.29 is 19.1 Å². The molecule has 0 radical (unpaired) electrons. The quantitative estimate of drug-likeness (QED) is 0.847. The monoisotopic (exact) mass is 359 g/mol. The van der Waals surface area contributed by atoms with Crippen LogP contribution < -0.4 is 5.56 Å². The minimum atomic E-state index is -0.993. The number of aromatic nitrogens is 2. The summed E-state index contributed by atoms with van der Waals surface area (Å²) in [5.74, 6) is -2.82. The van der Waals surface area contributed by atoms with Gasteiger partial charge in [-0.1, -0.05) is 19.1 Å². The second kappa shape index (κ2) is 7.07. The standard InChI is InChI=1S/C18H18FN3O4/c1-11(18(25)26)10-21(12-6-7-12)17(24)14-8-9-16(23)22(20-14)15-5-3-2-4-13(15)19/h2-5,8-9,11-12H,6-7,10H2,1H3,(H,25,26). The third-order valence-electron chi connectivity index (χ3n) is 4.24. The summed E-state index contributed by atoms with van der Waals surface area (Å²) in [5, 5.41) is 13.1. The molecule has 2 aromatic rings. The zero-order chi connectivity index (χ0) is 18.8. The maximum Gasteiger partial charge on any atom is 0.308 e. The number of rotatable bonds is 6. The molecule has 0 bridgehead atoms. The molecule has 1 aliphatic rings. The first-order valence-corrected chi connectivity index (χ1v) is 8.27. The van der Waals surface area contributed by atoms with Crippen LogP contribution in [0, 0.1) is 11.7 Å². The van der Waals surface area contributed by atoms with Gasteiger partial charge in [-0.2, -0.15) is 9.78 Å². The predicted octanol–water partition coefficient (Wildman–Crippen LogP) is 1.70. The Bertz CT molecular complexity index is 907. The van der Waals surface area contributed by atoms with Gasteiger partial charge in [-0.15, -0.1) is 0 Å². The fraction of sp³-hybridized carbons (Fsp3) is 0.333. The largest absolute Gasteiger partial charge is 0.481 e. The summed E-state index contributed by atoms with van der Waals surface area (Å²) in [6.07, 6.45) is 1.59. The van der Waals surface area contributed by atoms with E-state index in [1.54, 1.807) is 6.07 Å². The second-order valence-corrected chi connectivity index (χ2v) is 6.35. The summed E-state index contributed by atoms with van der Waals surface area (Å²) in [5.41, 5.74) is -0.648. The summed E-state index contributed by atoms with van der Waals surface area (Å²) in [6, 6.07) is 8.04. The molecular weight excluding hydrogens is 341 g/mol. The highest BCUT2D eigenvalue weighted by Crippen LogP contribution is 2.28. The van der Waals surface area contributed by atoms with Gasteiger partial charge >= 0.3 is 5.97 Å². The number of amides is 1. The lowest BCUT2D eigenvalue weighted by molar-refractivity contribution is -0.141. The third-order valence-corrected chi connectivity index (χ3v) is 4.24. The molecule has 26 heavy (non-hydrogen) atoms. The van der Waals surface area contributed by atoms with Gasteiger partial charge in [0.05, 0.1) is 5.92 Å². The smallest absolute Gasteiger partial charge is 0.308 e. The lowest BCUT2D eigenvalue weighted by Crippen LogP contribution is -2.39. The van der Waals surface area contributed by atoms with Crippen LogP contribution in [0.3, 0.4) is 0 Å². The Morgan fingerprint density at radius 1 is 1.31 bits per heavy atom. The summed E-state index contributed by atoms with van der Waals surface area (Å²) in [7, 11) is 0. The van der Waals surface area contributed by atoms with E-state index in [1.807, 2.05) is 0 Å². The van der Waals surface area contributed by atoms with E-state index in [9.17, 15) is 18.8 Å². The van der Waals surface area contributed by atoms with Crippen LogP contribution in [0.5, 0.6) is 0 Å². The molecule has 1 amide bonds. The van der Waals surface area contributed by atoms with Crippen LogP contribution in [0.2, 0.25) is 0 Å². The molecule has 1 aliphatic carbocycles. The number of carbonyl (C=O) groups excluding carboxylic acids is 1. The van der Waals surface area contributed by atoms with Gasteiger partial charge < -0.3 is 10.0 Å². The zero-order valence-corrected chi connectivity index (χ0v) is 14.1. The molecule has 3 rings (SSSR count). The highest BCUT2D eigenvalue weighted by molar-refractivity contribution is 5.92. The number of halogens is 1. The summed E-state index contributed by atoms with van der Waals surface area (Å²) >= 11 is 0. The first kappa shape index (κ1) is 17.8. The van der Waals surface area contributed by atoms with Crippen molar-refractivity contribution >= 4 is 11.9 Å². The van der Waals surface area contributed by atoms with E-state index in [1.165, 1.54) is 36.1 Å². The van der Waals surface area contributed by atoms with E-state index in [-0.39, 0.29) is 24.0 Å². The Kier molecular flexibility index (Phi) is 4.83. The number of carboxylic acid groups (broad SMARTS) is 1. The number of carbonyl (C=O) groups is 2. The van der Waals surface area contributed by atoms with Gasteiger partial charge in [-0.05, 0) is 31.0 Å². The van der Waals surface area contributed by atoms with Crippen LogP contribution in [-0.2, 0) is 4.79 Å². The Hall–Kier alpha value is -3.03. The lowest BCUT2D eigenvalue weighted by Gasteiger charge is -2.24. The molecule has 1 heterocycles. The van der Waals surface area contributed by atoms with Gasteiger partial charge in [-0.25, -0.2) is 4.39 Å². The highest BCUT2D eigenvalue weighted by Gasteiger charge is 2.35. The molecule has 0 spiro atoms.